The number of fused-ring (bicyclic) bond motifs is 7. The minimum absolute atomic E-state index is 0.0538. The lowest BCUT2D eigenvalue weighted by molar-refractivity contribution is -0.210. The van der Waals surface area contributed by atoms with Crippen LogP contribution in [0.15, 0.2) is 24.3 Å². The Balaban J connectivity index is 1.54. The predicted molar refractivity (Wildman–Crippen MR) is 156 cm³/mol. The zero-order valence-corrected chi connectivity index (χ0v) is 26.3. The van der Waals surface area contributed by atoms with Crippen molar-refractivity contribution in [2.45, 2.75) is 119 Å². The molecule has 0 saturated heterocycles. The number of esters is 2. The van der Waals surface area contributed by atoms with Crippen LogP contribution in [0.4, 0.5) is 0 Å². The third-order valence-electron chi connectivity index (χ3n) is 13.6. The summed E-state index contributed by atoms with van der Waals surface area (Å²) in [5.74, 6) is 0.397. The van der Waals surface area contributed by atoms with E-state index in [1.807, 2.05) is 0 Å². The van der Waals surface area contributed by atoms with Gasteiger partial charge in [0.2, 0.25) is 0 Å². The molecule has 4 saturated carbocycles. The second-order valence-electron chi connectivity index (χ2n) is 16.1. The highest BCUT2D eigenvalue weighted by atomic mass is 16.5. The first-order valence-corrected chi connectivity index (χ1v) is 15.7. The van der Waals surface area contributed by atoms with Crippen LogP contribution in [0.3, 0.4) is 0 Å². The van der Waals surface area contributed by atoms with Crippen molar-refractivity contribution in [3.8, 4) is 0 Å². The van der Waals surface area contributed by atoms with Gasteiger partial charge in [0.15, 0.2) is 5.78 Å². The molecule has 5 nitrogen and oxygen atoms in total. The monoisotopic (exact) mass is 552 g/mol. The first kappa shape index (κ1) is 29.6. The number of rotatable bonds is 4. The maximum atomic E-state index is 14.5. The number of hydrogen-bond acceptors (Lipinski definition) is 5. The molecule has 0 bridgehead atoms. The van der Waals surface area contributed by atoms with Crippen molar-refractivity contribution in [2.75, 3.05) is 6.61 Å². The van der Waals surface area contributed by atoms with Crippen LogP contribution < -0.4 is 0 Å². The van der Waals surface area contributed by atoms with Crippen LogP contribution in [0.1, 0.15) is 113 Å². The summed E-state index contributed by atoms with van der Waals surface area (Å²) in [4.78, 5) is 39.7. The maximum absolute atomic E-state index is 14.5. The van der Waals surface area contributed by atoms with Crippen LogP contribution in [0.25, 0.3) is 0 Å². The van der Waals surface area contributed by atoms with Crippen LogP contribution in [-0.2, 0) is 23.9 Å². The van der Waals surface area contributed by atoms with E-state index in [9.17, 15) is 14.4 Å². The van der Waals surface area contributed by atoms with Crippen molar-refractivity contribution in [2.24, 2.45) is 50.2 Å². The van der Waals surface area contributed by atoms with Crippen LogP contribution in [0.5, 0.6) is 0 Å². The molecule has 9 unspecified atom stereocenters. The average Bonchev–Trinajstić information content (AvgIpc) is 2.86. The largest absolute Gasteiger partial charge is 0.462 e. The van der Waals surface area contributed by atoms with Crippen LogP contribution in [0.2, 0.25) is 0 Å². The zero-order chi connectivity index (χ0) is 29.5. The Morgan fingerprint density at radius 1 is 0.975 bits per heavy atom. The molecule has 0 aliphatic heterocycles. The molecule has 0 amide bonds. The summed E-state index contributed by atoms with van der Waals surface area (Å²) < 4.78 is 11.4. The van der Waals surface area contributed by atoms with E-state index in [0.717, 1.165) is 57.8 Å². The molecule has 0 radical (unpaired) electrons. The van der Waals surface area contributed by atoms with Gasteiger partial charge in [0.25, 0.3) is 0 Å². The third-order valence-corrected chi connectivity index (χ3v) is 13.6. The molecule has 0 aromatic heterocycles. The Morgan fingerprint density at radius 3 is 2.30 bits per heavy atom. The molecular formula is C35H52O5. The Bertz CT molecular complexity index is 1150. The number of carbonyl (C=O) groups excluding carboxylic acids is 3. The molecular weight excluding hydrogens is 500 g/mol. The molecule has 4 fully saturated rings. The van der Waals surface area contributed by atoms with Crippen LogP contribution >= 0.6 is 0 Å². The van der Waals surface area contributed by atoms with Crippen molar-refractivity contribution >= 4 is 17.7 Å². The standard InChI is InChI=1S/C35H52O5/c1-10-19-39-29(38)32(6)16-15-31(5)17-18-34(8)23(24(31)21-32)20-25(37)28-33(7)13-12-27(40-22(2)36)30(3,4)26(33)11-14-35(28,34)9/h10,20,24,26-28H,1,11-19,21H2,2-9H3. The second-order valence-corrected chi connectivity index (χ2v) is 16.1. The van der Waals surface area contributed by atoms with Gasteiger partial charge in [-0.15, -0.1) is 0 Å². The molecule has 222 valence electrons. The lowest BCUT2D eigenvalue weighted by Gasteiger charge is -2.70. The minimum Gasteiger partial charge on any atom is -0.462 e. The summed E-state index contributed by atoms with van der Waals surface area (Å²) in [5, 5.41) is 0. The van der Waals surface area contributed by atoms with E-state index in [1.54, 1.807) is 6.08 Å². The molecule has 5 aliphatic rings. The first-order valence-electron chi connectivity index (χ1n) is 15.7. The van der Waals surface area contributed by atoms with E-state index in [-0.39, 0.29) is 69.3 Å². The number of hydrogen-bond donors (Lipinski definition) is 0. The summed E-state index contributed by atoms with van der Waals surface area (Å²) >= 11 is 0. The van der Waals surface area contributed by atoms with E-state index in [1.165, 1.54) is 12.5 Å². The van der Waals surface area contributed by atoms with Gasteiger partial charge in [-0.2, -0.15) is 0 Å². The van der Waals surface area contributed by atoms with Gasteiger partial charge in [0.05, 0.1) is 5.41 Å². The van der Waals surface area contributed by atoms with Crippen molar-refractivity contribution in [3.05, 3.63) is 24.3 Å². The molecule has 0 heterocycles. The van der Waals surface area contributed by atoms with Gasteiger partial charge in [0, 0.05) is 18.3 Å². The van der Waals surface area contributed by atoms with Gasteiger partial charge < -0.3 is 9.47 Å². The molecule has 0 N–H and O–H groups in total. The molecule has 0 aromatic carbocycles. The van der Waals surface area contributed by atoms with Gasteiger partial charge >= 0.3 is 11.9 Å². The summed E-state index contributed by atoms with van der Waals surface area (Å²) in [7, 11) is 0. The molecule has 40 heavy (non-hydrogen) atoms. The highest BCUT2D eigenvalue weighted by Gasteiger charge is 2.70. The summed E-state index contributed by atoms with van der Waals surface area (Å²) in [6.45, 7) is 21.6. The second kappa shape index (κ2) is 9.30. The van der Waals surface area contributed by atoms with Crippen molar-refractivity contribution in [1.82, 2.24) is 0 Å². The lowest BCUT2D eigenvalue weighted by Crippen LogP contribution is -2.66. The molecule has 0 aromatic rings. The van der Waals surface area contributed by atoms with E-state index in [2.05, 4.69) is 61.1 Å². The fourth-order valence-electron chi connectivity index (χ4n) is 11.1. The Hall–Kier alpha value is -1.91. The Morgan fingerprint density at radius 2 is 1.65 bits per heavy atom. The predicted octanol–water partition coefficient (Wildman–Crippen LogP) is 7.63. The van der Waals surface area contributed by atoms with E-state index in [4.69, 9.17) is 9.47 Å². The highest BCUT2D eigenvalue weighted by Crippen LogP contribution is 2.75. The van der Waals surface area contributed by atoms with Crippen molar-refractivity contribution in [3.63, 3.8) is 0 Å². The zero-order valence-electron chi connectivity index (χ0n) is 26.3. The normalized spacial score (nSPS) is 47.4. The number of allylic oxidation sites excluding steroid dienone is 2. The van der Waals surface area contributed by atoms with Gasteiger partial charge in [-0.3, -0.25) is 14.4 Å². The minimum atomic E-state index is -0.546. The quantitative estimate of drug-likeness (QED) is 0.265. The van der Waals surface area contributed by atoms with Gasteiger partial charge in [-0.1, -0.05) is 59.8 Å². The van der Waals surface area contributed by atoms with E-state index >= 15 is 0 Å². The summed E-state index contributed by atoms with van der Waals surface area (Å²) in [5.41, 5.74) is 0.279. The van der Waals surface area contributed by atoms with Crippen LogP contribution in [-0.4, -0.2) is 30.4 Å². The maximum Gasteiger partial charge on any atom is 0.312 e. The number of ketones is 1. The van der Waals surface area contributed by atoms with Crippen LogP contribution in [0, 0.1) is 50.2 Å². The Labute approximate surface area is 241 Å². The van der Waals surface area contributed by atoms with E-state index < -0.39 is 5.41 Å². The van der Waals surface area contributed by atoms with Crippen molar-refractivity contribution < 1.29 is 23.9 Å². The molecule has 5 rings (SSSR count). The first-order chi connectivity index (χ1) is 18.5. The third kappa shape index (κ3) is 3.95. The number of carbonyl (C=O) groups is 3. The van der Waals surface area contributed by atoms with Gasteiger partial charge in [-0.25, -0.2) is 0 Å². The molecule has 0 spiro atoms. The number of ether oxygens (including phenoxy) is 2. The fourth-order valence-corrected chi connectivity index (χ4v) is 11.1. The van der Waals surface area contributed by atoms with Gasteiger partial charge in [0.1, 0.15) is 12.7 Å². The fraction of sp³-hybridized carbons (Fsp3) is 0.800. The molecule has 5 aliphatic carbocycles. The smallest absolute Gasteiger partial charge is 0.312 e. The molecule has 5 heteroatoms. The molecule has 9 atom stereocenters. The lowest BCUT2D eigenvalue weighted by atomic mass is 9.33. The summed E-state index contributed by atoms with van der Waals surface area (Å²) in [6, 6.07) is 0. The van der Waals surface area contributed by atoms with E-state index in [0.29, 0.717) is 5.92 Å². The SMILES string of the molecule is C=CCOC(=O)C1(C)CCC2(C)CCC3(C)C(=CC(=O)C4C5(C)CCC(OC(C)=O)C(C)(C)C5CCC43C)C2C1. The highest BCUT2D eigenvalue weighted by molar-refractivity contribution is 5.95. The topological polar surface area (TPSA) is 69.7 Å². The van der Waals surface area contributed by atoms with Crippen molar-refractivity contribution in [1.29, 1.82) is 0 Å². The average molecular weight is 553 g/mol. The summed E-state index contributed by atoms with van der Waals surface area (Å²) in [6.07, 6.45) is 12.1. The van der Waals surface area contributed by atoms with Gasteiger partial charge in [-0.05, 0) is 104 Å². The Kier molecular flexibility index (Phi) is 6.87.